The Labute approximate surface area is 135 Å². The molecule has 3 nitrogen and oxygen atoms in total. The van der Waals surface area contributed by atoms with Crippen molar-refractivity contribution in [3.8, 4) is 0 Å². The fraction of sp³-hybridized carbons (Fsp3) is 0.588. The molecule has 1 fully saturated rings. The second-order valence-electron chi connectivity index (χ2n) is 6.34. The summed E-state index contributed by atoms with van der Waals surface area (Å²) in [5, 5.41) is 3.40. The minimum atomic E-state index is 0.290. The van der Waals surface area contributed by atoms with E-state index in [1.54, 1.807) is 0 Å². The van der Waals surface area contributed by atoms with Crippen LogP contribution in [0.3, 0.4) is 0 Å². The molecule has 2 aliphatic heterocycles. The average Bonchev–Trinajstić information content (AvgIpc) is 2.91. The third-order valence-corrected chi connectivity index (χ3v) is 5.42. The first-order valence-corrected chi connectivity index (χ1v) is 8.74. The Morgan fingerprint density at radius 1 is 1.43 bits per heavy atom. The Kier molecular flexibility index (Phi) is 4.65. The summed E-state index contributed by atoms with van der Waals surface area (Å²) in [7, 11) is 0. The molecule has 1 amide bonds. The maximum atomic E-state index is 12.7. The molecule has 1 N–H and O–H groups in total. The van der Waals surface area contributed by atoms with E-state index in [4.69, 9.17) is 0 Å². The number of carbonyl (C=O) groups is 1. The van der Waals surface area contributed by atoms with Gasteiger partial charge in [-0.05, 0) is 61.9 Å². The van der Waals surface area contributed by atoms with Gasteiger partial charge in [0.1, 0.15) is 0 Å². The number of rotatable bonds is 3. The number of piperidine rings is 1. The summed E-state index contributed by atoms with van der Waals surface area (Å²) in [6.45, 7) is 5.28. The molecule has 1 saturated heterocycles. The standard InChI is InChI=1S/C17H23BrN2O/c1-12(13-4-7-19-8-5-13)10-17(21)20-9-6-14-2-3-15(18)11-16(14)20/h2-3,11-13,19H,4-10H2,1H3. The summed E-state index contributed by atoms with van der Waals surface area (Å²) in [5.74, 6) is 1.47. The van der Waals surface area contributed by atoms with Crippen molar-refractivity contribution < 1.29 is 4.79 Å². The molecule has 0 radical (unpaired) electrons. The lowest BCUT2D eigenvalue weighted by molar-refractivity contribution is -0.119. The molecule has 0 aromatic heterocycles. The molecule has 4 heteroatoms. The van der Waals surface area contributed by atoms with Crippen LogP contribution in [0.2, 0.25) is 0 Å². The Bertz CT molecular complexity index is 526. The lowest BCUT2D eigenvalue weighted by Crippen LogP contribution is -2.35. The van der Waals surface area contributed by atoms with E-state index in [-0.39, 0.29) is 5.91 Å². The van der Waals surface area contributed by atoms with Gasteiger partial charge in [-0.3, -0.25) is 4.79 Å². The lowest BCUT2D eigenvalue weighted by Gasteiger charge is -2.29. The van der Waals surface area contributed by atoms with Crippen LogP contribution in [0.1, 0.15) is 31.7 Å². The van der Waals surface area contributed by atoms with Gasteiger partial charge < -0.3 is 10.2 Å². The summed E-state index contributed by atoms with van der Waals surface area (Å²) < 4.78 is 1.05. The van der Waals surface area contributed by atoms with Crippen LogP contribution in [-0.2, 0) is 11.2 Å². The van der Waals surface area contributed by atoms with Crippen LogP contribution in [0.5, 0.6) is 0 Å². The zero-order chi connectivity index (χ0) is 14.8. The predicted octanol–water partition coefficient (Wildman–Crippen LogP) is 3.36. The van der Waals surface area contributed by atoms with E-state index in [0.29, 0.717) is 18.3 Å². The van der Waals surface area contributed by atoms with Gasteiger partial charge in [-0.1, -0.05) is 28.9 Å². The number of hydrogen-bond acceptors (Lipinski definition) is 2. The number of halogens is 1. The monoisotopic (exact) mass is 350 g/mol. The molecule has 0 spiro atoms. The summed E-state index contributed by atoms with van der Waals surface area (Å²) in [6.07, 6.45) is 4.07. The highest BCUT2D eigenvalue weighted by Gasteiger charge is 2.28. The highest BCUT2D eigenvalue weighted by atomic mass is 79.9. The molecule has 3 rings (SSSR count). The van der Waals surface area contributed by atoms with Crippen molar-refractivity contribution in [2.45, 2.75) is 32.6 Å². The van der Waals surface area contributed by atoms with Crippen molar-refractivity contribution in [3.63, 3.8) is 0 Å². The van der Waals surface area contributed by atoms with Crippen molar-refractivity contribution in [1.82, 2.24) is 5.32 Å². The molecule has 1 aromatic carbocycles. The number of nitrogens with zero attached hydrogens (tertiary/aromatic N) is 1. The van der Waals surface area contributed by atoms with Crippen molar-refractivity contribution in [3.05, 3.63) is 28.2 Å². The predicted molar refractivity (Wildman–Crippen MR) is 89.6 cm³/mol. The van der Waals surface area contributed by atoms with Gasteiger partial charge in [-0.15, -0.1) is 0 Å². The number of anilines is 1. The highest BCUT2D eigenvalue weighted by Crippen LogP contribution is 2.33. The molecule has 114 valence electrons. The van der Waals surface area contributed by atoms with Gasteiger partial charge in [0.15, 0.2) is 0 Å². The quantitative estimate of drug-likeness (QED) is 0.906. The normalized spacial score (nSPS) is 20.4. The number of amides is 1. The second kappa shape index (κ2) is 6.49. The minimum absolute atomic E-state index is 0.290. The largest absolute Gasteiger partial charge is 0.317 e. The molecule has 0 aliphatic carbocycles. The summed E-state index contributed by atoms with van der Waals surface area (Å²) in [6, 6.07) is 6.27. The minimum Gasteiger partial charge on any atom is -0.317 e. The fourth-order valence-electron chi connectivity index (χ4n) is 3.58. The van der Waals surface area contributed by atoms with E-state index in [1.807, 2.05) is 4.90 Å². The Morgan fingerprint density at radius 3 is 2.95 bits per heavy atom. The fourth-order valence-corrected chi connectivity index (χ4v) is 3.93. The first-order valence-electron chi connectivity index (χ1n) is 7.94. The maximum absolute atomic E-state index is 12.7. The van der Waals surface area contributed by atoms with E-state index in [0.717, 1.165) is 36.2 Å². The van der Waals surface area contributed by atoms with Gasteiger partial charge >= 0.3 is 0 Å². The van der Waals surface area contributed by atoms with E-state index >= 15 is 0 Å². The third-order valence-electron chi connectivity index (χ3n) is 4.93. The molecule has 2 aliphatic rings. The Hall–Kier alpha value is -0.870. The van der Waals surface area contributed by atoms with E-state index in [2.05, 4.69) is 46.4 Å². The number of hydrogen-bond donors (Lipinski definition) is 1. The topological polar surface area (TPSA) is 32.3 Å². The first-order chi connectivity index (χ1) is 10.1. The van der Waals surface area contributed by atoms with Gasteiger partial charge in [0.05, 0.1) is 0 Å². The molecule has 0 saturated carbocycles. The molecule has 1 atom stereocenters. The van der Waals surface area contributed by atoms with Gasteiger partial charge in [0, 0.05) is 23.1 Å². The van der Waals surface area contributed by atoms with E-state index in [1.165, 1.54) is 18.4 Å². The molecular weight excluding hydrogens is 328 g/mol. The molecule has 1 aromatic rings. The average molecular weight is 351 g/mol. The van der Waals surface area contributed by atoms with Crippen molar-refractivity contribution in [1.29, 1.82) is 0 Å². The summed E-state index contributed by atoms with van der Waals surface area (Å²) in [4.78, 5) is 14.7. The zero-order valence-corrected chi connectivity index (χ0v) is 14.2. The third kappa shape index (κ3) is 3.32. The van der Waals surface area contributed by atoms with Crippen LogP contribution < -0.4 is 10.2 Å². The van der Waals surface area contributed by atoms with Crippen LogP contribution in [0, 0.1) is 11.8 Å². The van der Waals surface area contributed by atoms with Crippen LogP contribution in [0.15, 0.2) is 22.7 Å². The SMILES string of the molecule is CC(CC(=O)N1CCc2ccc(Br)cc21)C1CCNCC1. The van der Waals surface area contributed by atoms with Gasteiger partial charge in [0.2, 0.25) is 5.91 Å². The van der Waals surface area contributed by atoms with Crippen molar-refractivity contribution in [2.75, 3.05) is 24.5 Å². The van der Waals surface area contributed by atoms with E-state index in [9.17, 15) is 4.79 Å². The maximum Gasteiger partial charge on any atom is 0.227 e. The van der Waals surface area contributed by atoms with Crippen LogP contribution in [0.4, 0.5) is 5.69 Å². The van der Waals surface area contributed by atoms with Crippen LogP contribution in [0.25, 0.3) is 0 Å². The Morgan fingerprint density at radius 2 is 2.19 bits per heavy atom. The zero-order valence-electron chi connectivity index (χ0n) is 12.6. The Balaban J connectivity index is 1.65. The van der Waals surface area contributed by atoms with Crippen molar-refractivity contribution in [2.24, 2.45) is 11.8 Å². The number of nitrogens with one attached hydrogen (secondary N) is 1. The summed E-state index contributed by atoms with van der Waals surface area (Å²) >= 11 is 3.51. The molecule has 1 unspecified atom stereocenters. The first kappa shape index (κ1) is 15.0. The molecule has 0 bridgehead atoms. The van der Waals surface area contributed by atoms with Crippen LogP contribution in [-0.4, -0.2) is 25.5 Å². The van der Waals surface area contributed by atoms with E-state index < -0.39 is 0 Å². The van der Waals surface area contributed by atoms with Gasteiger partial charge in [-0.25, -0.2) is 0 Å². The second-order valence-corrected chi connectivity index (χ2v) is 7.25. The summed E-state index contributed by atoms with van der Waals surface area (Å²) in [5.41, 5.74) is 2.40. The number of carbonyl (C=O) groups excluding carboxylic acids is 1. The number of benzene rings is 1. The number of fused-ring (bicyclic) bond motifs is 1. The molecular formula is C17H23BrN2O. The highest BCUT2D eigenvalue weighted by molar-refractivity contribution is 9.10. The smallest absolute Gasteiger partial charge is 0.227 e. The molecule has 21 heavy (non-hydrogen) atoms. The van der Waals surface area contributed by atoms with Gasteiger partial charge in [-0.2, -0.15) is 0 Å². The molecule has 2 heterocycles. The van der Waals surface area contributed by atoms with Crippen molar-refractivity contribution >= 4 is 27.5 Å². The lowest BCUT2D eigenvalue weighted by atomic mass is 9.84. The van der Waals surface area contributed by atoms with Crippen LogP contribution >= 0.6 is 15.9 Å². The van der Waals surface area contributed by atoms with Gasteiger partial charge in [0.25, 0.3) is 0 Å².